The van der Waals surface area contributed by atoms with Crippen LogP contribution in [0.2, 0.25) is 0 Å². The van der Waals surface area contributed by atoms with Crippen LogP contribution in [0.1, 0.15) is 17.5 Å². The van der Waals surface area contributed by atoms with Crippen LogP contribution < -0.4 is 11.1 Å². The highest BCUT2D eigenvalue weighted by Gasteiger charge is 2.03. The Balaban J connectivity index is 2.35. The number of carbonyl (C=O) groups excluding carboxylic acids is 1. The number of nitrogens with one attached hydrogen (secondary N) is 1. The van der Waals surface area contributed by atoms with Crippen molar-refractivity contribution in [1.29, 1.82) is 0 Å². The first-order chi connectivity index (χ1) is 8.49. The molecule has 18 heavy (non-hydrogen) atoms. The fourth-order valence-electron chi connectivity index (χ4n) is 1.35. The number of thioether (sulfide) groups is 1. The van der Waals surface area contributed by atoms with Gasteiger partial charge < -0.3 is 11.1 Å². The Morgan fingerprint density at radius 2 is 2.11 bits per heavy atom. The average Bonchev–Trinajstić information content (AvgIpc) is 2.29. The van der Waals surface area contributed by atoms with Crippen LogP contribution in [0.3, 0.4) is 0 Å². The van der Waals surface area contributed by atoms with Crippen molar-refractivity contribution < 1.29 is 4.79 Å². The van der Waals surface area contributed by atoms with E-state index in [1.807, 2.05) is 32.0 Å². The maximum absolute atomic E-state index is 11.7. The van der Waals surface area contributed by atoms with E-state index in [0.717, 1.165) is 11.4 Å². The number of thiocarbonyl (C=S) groups is 1. The van der Waals surface area contributed by atoms with Gasteiger partial charge in [0.1, 0.15) is 0 Å². The molecule has 3 N–H and O–H groups in total. The van der Waals surface area contributed by atoms with E-state index in [9.17, 15) is 4.79 Å². The Morgan fingerprint density at radius 1 is 1.39 bits per heavy atom. The third-order valence-electron chi connectivity index (χ3n) is 2.52. The topological polar surface area (TPSA) is 55.1 Å². The number of hydrogen-bond acceptors (Lipinski definition) is 3. The molecule has 0 saturated heterocycles. The van der Waals surface area contributed by atoms with Crippen molar-refractivity contribution in [1.82, 2.24) is 0 Å². The van der Waals surface area contributed by atoms with Crippen molar-refractivity contribution in [3.63, 3.8) is 0 Å². The lowest BCUT2D eigenvalue weighted by molar-refractivity contribution is -0.113. The molecule has 0 aliphatic heterocycles. The largest absolute Gasteiger partial charge is 0.393 e. The van der Waals surface area contributed by atoms with Gasteiger partial charge in [0.15, 0.2) is 0 Å². The zero-order valence-corrected chi connectivity index (χ0v) is 12.3. The lowest BCUT2D eigenvalue weighted by Gasteiger charge is -2.07. The molecule has 0 unspecified atom stereocenters. The molecule has 0 spiro atoms. The number of amides is 1. The fraction of sp³-hybridized carbons (Fsp3) is 0.385. The number of benzene rings is 1. The predicted octanol–water partition coefficient (Wildman–Crippen LogP) is 2.65. The molecule has 0 aliphatic carbocycles. The third kappa shape index (κ3) is 5.51. The summed E-state index contributed by atoms with van der Waals surface area (Å²) >= 11 is 6.31. The molecule has 0 aromatic heterocycles. The average molecular weight is 282 g/mol. The molecular formula is C13H18N2OS2. The molecule has 1 amide bonds. The molecule has 0 radical (unpaired) electrons. The highest BCUT2D eigenvalue weighted by atomic mass is 32.2. The summed E-state index contributed by atoms with van der Waals surface area (Å²) in [5.41, 5.74) is 8.62. The minimum Gasteiger partial charge on any atom is -0.393 e. The Morgan fingerprint density at radius 3 is 2.72 bits per heavy atom. The van der Waals surface area contributed by atoms with Crippen molar-refractivity contribution in [2.75, 3.05) is 16.8 Å². The molecule has 3 nitrogen and oxygen atoms in total. The van der Waals surface area contributed by atoms with E-state index in [-0.39, 0.29) is 5.91 Å². The number of anilines is 1. The minimum atomic E-state index is 0.00573. The van der Waals surface area contributed by atoms with Gasteiger partial charge in [-0.05, 0) is 37.1 Å². The van der Waals surface area contributed by atoms with Crippen LogP contribution in [0, 0.1) is 13.8 Å². The van der Waals surface area contributed by atoms with E-state index < -0.39 is 0 Å². The van der Waals surface area contributed by atoms with E-state index in [0.29, 0.717) is 17.2 Å². The summed E-state index contributed by atoms with van der Waals surface area (Å²) in [6.45, 7) is 4.08. The second-order valence-corrected chi connectivity index (χ2v) is 5.75. The van der Waals surface area contributed by atoms with Crippen molar-refractivity contribution in [3.05, 3.63) is 29.3 Å². The van der Waals surface area contributed by atoms with Gasteiger partial charge in [-0.3, -0.25) is 4.79 Å². The SMILES string of the molecule is Cc1ccc(NC(=O)CSCCC(N)=S)cc1C. The van der Waals surface area contributed by atoms with Crippen molar-refractivity contribution in [2.45, 2.75) is 20.3 Å². The van der Waals surface area contributed by atoms with Gasteiger partial charge in [-0.15, -0.1) is 0 Å². The number of hydrogen-bond donors (Lipinski definition) is 2. The summed E-state index contributed by atoms with van der Waals surface area (Å²) in [5.74, 6) is 1.22. The number of rotatable bonds is 6. The van der Waals surface area contributed by atoms with Crippen LogP contribution in [0.4, 0.5) is 5.69 Å². The summed E-state index contributed by atoms with van der Waals surface area (Å²) in [4.78, 5) is 12.2. The molecular weight excluding hydrogens is 264 g/mol. The third-order valence-corrected chi connectivity index (χ3v) is 3.68. The van der Waals surface area contributed by atoms with Crippen LogP contribution >= 0.6 is 24.0 Å². The van der Waals surface area contributed by atoms with E-state index in [4.69, 9.17) is 18.0 Å². The number of aryl methyl sites for hydroxylation is 2. The van der Waals surface area contributed by atoms with Gasteiger partial charge in [-0.1, -0.05) is 18.3 Å². The molecule has 1 rings (SSSR count). The minimum absolute atomic E-state index is 0.00573. The van der Waals surface area contributed by atoms with Gasteiger partial charge in [0.05, 0.1) is 10.7 Å². The summed E-state index contributed by atoms with van der Waals surface area (Å²) in [6, 6.07) is 5.90. The molecule has 0 bridgehead atoms. The maximum atomic E-state index is 11.7. The van der Waals surface area contributed by atoms with Crippen molar-refractivity contribution >= 4 is 40.6 Å². The lowest BCUT2D eigenvalue weighted by Crippen LogP contribution is -2.15. The van der Waals surface area contributed by atoms with E-state index in [1.54, 1.807) is 0 Å². The first-order valence-electron chi connectivity index (χ1n) is 5.72. The standard InChI is InChI=1S/C13H18N2OS2/c1-9-3-4-11(7-10(9)2)15-13(16)8-18-6-5-12(14)17/h3-4,7H,5-6,8H2,1-2H3,(H2,14,17)(H,15,16). The van der Waals surface area contributed by atoms with Gasteiger partial charge in [0.25, 0.3) is 0 Å². The van der Waals surface area contributed by atoms with E-state index >= 15 is 0 Å². The molecule has 0 saturated carbocycles. The van der Waals surface area contributed by atoms with Crippen LogP contribution in [0.15, 0.2) is 18.2 Å². The fourth-order valence-corrected chi connectivity index (χ4v) is 2.35. The number of carbonyl (C=O) groups is 1. The lowest BCUT2D eigenvalue weighted by atomic mass is 10.1. The Bertz CT molecular complexity index is 447. The smallest absolute Gasteiger partial charge is 0.234 e. The van der Waals surface area contributed by atoms with E-state index in [2.05, 4.69) is 5.32 Å². The van der Waals surface area contributed by atoms with E-state index in [1.165, 1.54) is 22.9 Å². The summed E-state index contributed by atoms with van der Waals surface area (Å²) < 4.78 is 0. The van der Waals surface area contributed by atoms with Gasteiger partial charge in [-0.25, -0.2) is 0 Å². The van der Waals surface area contributed by atoms with Crippen LogP contribution in [-0.2, 0) is 4.79 Å². The zero-order valence-electron chi connectivity index (χ0n) is 10.7. The Hall–Kier alpha value is -1.07. The highest BCUT2D eigenvalue weighted by Crippen LogP contribution is 2.14. The molecule has 0 heterocycles. The second kappa shape index (κ2) is 7.38. The quantitative estimate of drug-likeness (QED) is 0.622. The summed E-state index contributed by atoms with van der Waals surface area (Å²) in [6.07, 6.45) is 0.677. The predicted molar refractivity (Wildman–Crippen MR) is 83.3 cm³/mol. The highest BCUT2D eigenvalue weighted by molar-refractivity contribution is 8.00. The molecule has 0 atom stereocenters. The van der Waals surface area contributed by atoms with Gasteiger partial charge in [0.2, 0.25) is 5.91 Å². The normalized spacial score (nSPS) is 10.1. The van der Waals surface area contributed by atoms with Crippen LogP contribution in [0.25, 0.3) is 0 Å². The Labute approximate surface area is 118 Å². The second-order valence-electron chi connectivity index (χ2n) is 4.12. The van der Waals surface area contributed by atoms with Crippen LogP contribution in [0.5, 0.6) is 0 Å². The Kier molecular flexibility index (Phi) is 6.15. The molecule has 5 heteroatoms. The zero-order chi connectivity index (χ0) is 13.5. The van der Waals surface area contributed by atoms with Crippen molar-refractivity contribution in [2.24, 2.45) is 5.73 Å². The summed E-state index contributed by atoms with van der Waals surface area (Å²) in [7, 11) is 0. The van der Waals surface area contributed by atoms with Gasteiger partial charge in [0, 0.05) is 17.9 Å². The molecule has 98 valence electrons. The van der Waals surface area contributed by atoms with Gasteiger partial charge >= 0.3 is 0 Å². The molecule has 0 aliphatic rings. The van der Waals surface area contributed by atoms with Crippen molar-refractivity contribution in [3.8, 4) is 0 Å². The monoisotopic (exact) mass is 282 g/mol. The first kappa shape index (κ1) is 15.0. The maximum Gasteiger partial charge on any atom is 0.234 e. The summed E-state index contributed by atoms with van der Waals surface area (Å²) in [5, 5.41) is 2.87. The van der Waals surface area contributed by atoms with Crippen LogP contribution in [-0.4, -0.2) is 22.4 Å². The van der Waals surface area contributed by atoms with Gasteiger partial charge in [-0.2, -0.15) is 11.8 Å². The molecule has 1 aromatic rings. The number of nitrogens with two attached hydrogens (primary N) is 1. The molecule has 1 aromatic carbocycles. The first-order valence-corrected chi connectivity index (χ1v) is 7.28. The molecule has 0 fully saturated rings.